The number of carboxylic acid groups (broad SMARTS) is 1. The standard InChI is InChI=1S/C10H14N5O7P.C3H7NO2/c1-5-3-15(10(17)12-9(5)16)8-2-6(13-14-11)7(22-8)4-21-23(18,19)20;1-2(4)3(5)6/h3,6-8H,2,4H2,1H3,(H,12,16,17)(H2,18,19,20);2H,4H2,1H3,(H,5,6)/t6-,7+,8+;2-/m00/s1. The number of aryl methyl sites for hydroxylation is 1. The molecule has 1 saturated heterocycles. The number of nitrogens with one attached hydrogen (secondary N) is 1. The van der Waals surface area contributed by atoms with E-state index in [0.29, 0.717) is 0 Å². The molecule has 1 aromatic rings. The van der Waals surface area contributed by atoms with Gasteiger partial charge in [0.1, 0.15) is 12.3 Å². The van der Waals surface area contributed by atoms with Crippen LogP contribution in [0.5, 0.6) is 0 Å². The van der Waals surface area contributed by atoms with Gasteiger partial charge in [0, 0.05) is 23.1 Å². The number of phosphoric ester groups is 1. The van der Waals surface area contributed by atoms with Gasteiger partial charge in [-0.1, -0.05) is 5.11 Å². The van der Waals surface area contributed by atoms with Crippen molar-refractivity contribution in [3.63, 3.8) is 0 Å². The number of carbonyl (C=O) groups is 1. The number of nitrogens with two attached hydrogens (primary N) is 1. The number of ether oxygens (including phenoxy) is 1. The molecule has 0 radical (unpaired) electrons. The molecular formula is C13H21N6O9P. The van der Waals surface area contributed by atoms with Crippen LogP contribution in [0.1, 0.15) is 25.1 Å². The number of azide groups is 1. The quantitative estimate of drug-likeness (QED) is 0.163. The zero-order valence-electron chi connectivity index (χ0n) is 15.4. The molecule has 1 fully saturated rings. The fourth-order valence-electron chi connectivity index (χ4n) is 2.19. The molecule has 2 heterocycles. The van der Waals surface area contributed by atoms with Crippen LogP contribution in [0.2, 0.25) is 0 Å². The number of phosphoric acid groups is 1. The van der Waals surface area contributed by atoms with Gasteiger partial charge in [-0.2, -0.15) is 0 Å². The molecule has 1 aliphatic rings. The summed E-state index contributed by atoms with van der Waals surface area (Å²) in [7, 11) is -4.71. The highest BCUT2D eigenvalue weighted by molar-refractivity contribution is 7.46. The van der Waals surface area contributed by atoms with Gasteiger partial charge < -0.3 is 25.4 Å². The van der Waals surface area contributed by atoms with Crippen LogP contribution in [0, 0.1) is 6.92 Å². The van der Waals surface area contributed by atoms with Gasteiger partial charge in [-0.3, -0.25) is 23.7 Å². The number of nitrogens with zero attached hydrogens (tertiary/aromatic N) is 4. The lowest BCUT2D eigenvalue weighted by molar-refractivity contribution is -0.138. The van der Waals surface area contributed by atoms with Gasteiger partial charge >= 0.3 is 19.5 Å². The average molecular weight is 436 g/mol. The van der Waals surface area contributed by atoms with Crippen molar-refractivity contribution in [2.75, 3.05) is 6.61 Å². The summed E-state index contributed by atoms with van der Waals surface area (Å²) in [5.74, 6) is -0.963. The second-order valence-corrected chi connectivity index (χ2v) is 7.27. The number of hydrogen-bond donors (Lipinski definition) is 5. The number of rotatable bonds is 6. The Bertz CT molecular complexity index is 931. The largest absolute Gasteiger partial charge is 0.480 e. The molecule has 0 amide bonds. The van der Waals surface area contributed by atoms with E-state index in [1.165, 1.54) is 20.0 Å². The molecule has 6 N–H and O–H groups in total. The molecule has 16 heteroatoms. The fourth-order valence-corrected chi connectivity index (χ4v) is 2.54. The molecule has 0 aromatic carbocycles. The smallest absolute Gasteiger partial charge is 0.469 e. The van der Waals surface area contributed by atoms with Gasteiger partial charge in [0.25, 0.3) is 5.56 Å². The zero-order valence-corrected chi connectivity index (χ0v) is 16.3. The second kappa shape index (κ2) is 10.3. The van der Waals surface area contributed by atoms with Crippen LogP contribution in [-0.4, -0.2) is 55.2 Å². The van der Waals surface area contributed by atoms with Crippen molar-refractivity contribution in [2.45, 2.75) is 44.7 Å². The molecule has 0 bridgehead atoms. The number of aromatic nitrogens is 2. The van der Waals surface area contributed by atoms with Crippen LogP contribution in [0.25, 0.3) is 10.4 Å². The van der Waals surface area contributed by atoms with Crippen LogP contribution < -0.4 is 17.0 Å². The molecule has 4 atom stereocenters. The Morgan fingerprint density at radius 2 is 2.17 bits per heavy atom. The van der Waals surface area contributed by atoms with E-state index < -0.39 is 56.1 Å². The Morgan fingerprint density at radius 3 is 2.66 bits per heavy atom. The van der Waals surface area contributed by atoms with E-state index in [0.717, 1.165) is 4.57 Å². The Balaban J connectivity index is 0.000000612. The van der Waals surface area contributed by atoms with E-state index in [2.05, 4.69) is 19.5 Å². The molecular weight excluding hydrogens is 415 g/mol. The van der Waals surface area contributed by atoms with Gasteiger partial charge in [0.2, 0.25) is 0 Å². The van der Waals surface area contributed by atoms with Crippen molar-refractivity contribution in [1.82, 2.24) is 9.55 Å². The minimum Gasteiger partial charge on any atom is -0.480 e. The topological polar surface area (TPSA) is 243 Å². The lowest BCUT2D eigenvalue weighted by atomic mass is 10.1. The first-order valence-electron chi connectivity index (χ1n) is 8.06. The average Bonchev–Trinajstić information content (AvgIpc) is 2.99. The molecule has 0 saturated carbocycles. The highest BCUT2D eigenvalue weighted by Crippen LogP contribution is 2.38. The van der Waals surface area contributed by atoms with Crippen molar-refractivity contribution < 1.29 is 33.5 Å². The maximum Gasteiger partial charge on any atom is 0.469 e. The Labute approximate surface area is 162 Å². The van der Waals surface area contributed by atoms with Crippen LogP contribution in [0.15, 0.2) is 20.9 Å². The molecule has 2 rings (SSSR count). The van der Waals surface area contributed by atoms with Gasteiger partial charge in [0.05, 0.1) is 18.8 Å². The Kier molecular flexibility index (Phi) is 8.73. The van der Waals surface area contributed by atoms with Crippen LogP contribution in [-0.2, 0) is 18.6 Å². The van der Waals surface area contributed by atoms with E-state index in [9.17, 15) is 18.9 Å². The number of aromatic amines is 1. The van der Waals surface area contributed by atoms with Crippen LogP contribution >= 0.6 is 7.82 Å². The third kappa shape index (κ3) is 7.79. The monoisotopic (exact) mass is 436 g/mol. The molecule has 1 aromatic heterocycles. The molecule has 29 heavy (non-hydrogen) atoms. The Morgan fingerprint density at radius 1 is 1.59 bits per heavy atom. The van der Waals surface area contributed by atoms with Crippen molar-refractivity contribution in [1.29, 1.82) is 0 Å². The molecule has 0 spiro atoms. The van der Waals surface area contributed by atoms with Gasteiger partial charge in [-0.15, -0.1) is 0 Å². The van der Waals surface area contributed by atoms with Crippen molar-refractivity contribution >= 4 is 13.8 Å². The van der Waals surface area contributed by atoms with Crippen molar-refractivity contribution in [2.24, 2.45) is 10.8 Å². The molecule has 15 nitrogen and oxygen atoms in total. The SMILES string of the molecule is C[C@H](N)C(=O)O.Cc1cn([C@H]2C[C@H](N=[N+]=[N-])[C@@H](COP(=O)(O)O)O2)c(=O)[nH]c1=O. The molecule has 0 aliphatic carbocycles. The zero-order chi connectivity index (χ0) is 22.4. The van der Waals surface area contributed by atoms with E-state index in [1.807, 2.05) is 0 Å². The van der Waals surface area contributed by atoms with E-state index >= 15 is 0 Å². The summed E-state index contributed by atoms with van der Waals surface area (Å²) < 4.78 is 21.7. The van der Waals surface area contributed by atoms with E-state index in [-0.39, 0.29) is 12.0 Å². The Hall–Kier alpha value is -2.51. The normalized spacial score (nSPS) is 22.2. The number of H-pyrrole nitrogens is 1. The maximum absolute atomic E-state index is 11.8. The highest BCUT2D eigenvalue weighted by Gasteiger charge is 2.37. The fraction of sp³-hybridized carbons (Fsp3) is 0.615. The summed E-state index contributed by atoms with van der Waals surface area (Å²) >= 11 is 0. The first-order chi connectivity index (χ1) is 13.4. The predicted molar refractivity (Wildman–Crippen MR) is 96.8 cm³/mol. The van der Waals surface area contributed by atoms with E-state index in [1.54, 1.807) is 0 Å². The summed E-state index contributed by atoms with van der Waals surface area (Å²) in [6.07, 6.45) is -0.419. The number of aliphatic carboxylic acids is 1. The molecule has 1 aliphatic heterocycles. The van der Waals surface area contributed by atoms with Crippen molar-refractivity contribution in [3.8, 4) is 0 Å². The number of hydrogen-bond acceptors (Lipinski definition) is 8. The minimum atomic E-state index is -4.71. The predicted octanol–water partition coefficient (Wildman–Crippen LogP) is -0.661. The number of carboxylic acids is 1. The highest BCUT2D eigenvalue weighted by atomic mass is 31.2. The van der Waals surface area contributed by atoms with Gasteiger partial charge in [-0.05, 0) is 19.4 Å². The van der Waals surface area contributed by atoms with Crippen LogP contribution in [0.3, 0.4) is 0 Å². The maximum atomic E-state index is 11.8. The molecule has 162 valence electrons. The summed E-state index contributed by atoms with van der Waals surface area (Å²) in [5, 5.41) is 11.4. The summed E-state index contributed by atoms with van der Waals surface area (Å²) in [5.41, 5.74) is 12.4. The van der Waals surface area contributed by atoms with E-state index in [4.69, 9.17) is 30.9 Å². The summed E-state index contributed by atoms with van der Waals surface area (Å²) in [6, 6.07) is -1.51. The minimum absolute atomic E-state index is 0.0879. The van der Waals surface area contributed by atoms with Gasteiger partial charge in [0.15, 0.2) is 0 Å². The third-order valence-corrected chi connectivity index (χ3v) is 4.14. The van der Waals surface area contributed by atoms with Crippen molar-refractivity contribution in [3.05, 3.63) is 43.0 Å². The second-order valence-electron chi connectivity index (χ2n) is 6.03. The summed E-state index contributed by atoms with van der Waals surface area (Å²) in [6.45, 7) is 2.41. The first-order valence-corrected chi connectivity index (χ1v) is 9.59. The lowest BCUT2D eigenvalue weighted by Crippen LogP contribution is -2.33. The first kappa shape index (κ1) is 24.5. The van der Waals surface area contributed by atoms with Gasteiger partial charge in [-0.25, -0.2) is 9.36 Å². The lowest BCUT2D eigenvalue weighted by Gasteiger charge is -2.17. The third-order valence-electron chi connectivity index (χ3n) is 3.66. The van der Waals surface area contributed by atoms with Crippen LogP contribution in [0.4, 0.5) is 0 Å². The molecule has 0 unspecified atom stereocenters. The summed E-state index contributed by atoms with van der Waals surface area (Å²) in [4.78, 5) is 55.0.